The number of para-hydroxylation sites is 1. The van der Waals surface area contributed by atoms with Gasteiger partial charge in [-0.05, 0) is 24.6 Å². The van der Waals surface area contributed by atoms with E-state index in [0.29, 0.717) is 12.2 Å². The number of hydrogen-bond donors (Lipinski definition) is 0. The van der Waals surface area contributed by atoms with Gasteiger partial charge in [0.05, 0.1) is 0 Å². The molecule has 2 aromatic rings. The molecule has 3 rings (SSSR count). The maximum absolute atomic E-state index is 12.9. The zero-order valence-corrected chi connectivity index (χ0v) is 14.2. The third-order valence-electron chi connectivity index (χ3n) is 4.74. The second-order valence-corrected chi connectivity index (χ2v) is 6.15. The number of rotatable bonds is 3. The predicted octanol–water partition coefficient (Wildman–Crippen LogP) is 2.13. The van der Waals surface area contributed by atoms with Crippen molar-refractivity contribution in [3.05, 3.63) is 64.6 Å². The van der Waals surface area contributed by atoms with Gasteiger partial charge in [0, 0.05) is 44.5 Å². The molecule has 1 aromatic carbocycles. The minimum absolute atomic E-state index is 0.0604. The first kappa shape index (κ1) is 16.3. The Bertz CT molecular complexity index is 770. The van der Waals surface area contributed by atoms with E-state index in [1.165, 1.54) is 16.3 Å². The highest BCUT2D eigenvalue weighted by Crippen LogP contribution is 2.21. The molecule has 0 saturated carbocycles. The summed E-state index contributed by atoms with van der Waals surface area (Å²) in [7, 11) is 1.65. The first-order valence-corrected chi connectivity index (χ1v) is 8.39. The quantitative estimate of drug-likeness (QED) is 0.868. The van der Waals surface area contributed by atoms with Gasteiger partial charge in [0.15, 0.2) is 0 Å². The maximum Gasteiger partial charge on any atom is 0.270 e. The lowest BCUT2D eigenvalue weighted by Crippen LogP contribution is -2.55. The van der Waals surface area contributed by atoms with E-state index < -0.39 is 0 Å². The fraction of sp³-hybridized carbons (Fsp3) is 0.368. The topological polar surface area (TPSA) is 45.6 Å². The largest absolute Gasteiger partial charge is 0.368 e. The van der Waals surface area contributed by atoms with Gasteiger partial charge in [-0.25, -0.2) is 0 Å². The third kappa shape index (κ3) is 3.07. The molecule has 5 heteroatoms. The zero-order chi connectivity index (χ0) is 17.1. The van der Waals surface area contributed by atoms with Gasteiger partial charge in [0.2, 0.25) is 0 Å². The van der Waals surface area contributed by atoms with Crippen LogP contribution in [0.3, 0.4) is 0 Å². The van der Waals surface area contributed by atoms with Gasteiger partial charge < -0.3 is 14.4 Å². The molecule has 1 fully saturated rings. The Labute approximate surface area is 142 Å². The maximum atomic E-state index is 12.9. The lowest BCUT2D eigenvalue weighted by molar-refractivity contribution is 0.0640. The molecule has 0 bridgehead atoms. The summed E-state index contributed by atoms with van der Waals surface area (Å²) in [6.45, 7) is 4.37. The zero-order valence-electron chi connectivity index (χ0n) is 14.2. The molecule has 1 aliphatic heterocycles. The van der Waals surface area contributed by atoms with Crippen molar-refractivity contribution in [1.29, 1.82) is 0 Å². The highest BCUT2D eigenvalue weighted by Gasteiger charge is 2.30. The van der Waals surface area contributed by atoms with E-state index in [9.17, 15) is 9.59 Å². The van der Waals surface area contributed by atoms with Crippen molar-refractivity contribution in [1.82, 2.24) is 9.47 Å². The van der Waals surface area contributed by atoms with Gasteiger partial charge in [-0.3, -0.25) is 9.59 Å². The van der Waals surface area contributed by atoms with Crippen molar-refractivity contribution < 1.29 is 4.79 Å². The van der Waals surface area contributed by atoms with E-state index in [-0.39, 0.29) is 17.5 Å². The molecule has 5 nitrogen and oxygen atoms in total. The molecule has 1 aliphatic rings. The summed E-state index contributed by atoms with van der Waals surface area (Å²) >= 11 is 0. The summed E-state index contributed by atoms with van der Waals surface area (Å²) < 4.78 is 1.43. The van der Waals surface area contributed by atoms with Crippen molar-refractivity contribution in [2.24, 2.45) is 7.05 Å². The molecule has 0 spiro atoms. The second kappa shape index (κ2) is 6.91. The van der Waals surface area contributed by atoms with Crippen molar-refractivity contribution in [2.45, 2.75) is 19.4 Å². The highest BCUT2D eigenvalue weighted by atomic mass is 16.2. The summed E-state index contributed by atoms with van der Waals surface area (Å²) in [6, 6.07) is 15.3. The van der Waals surface area contributed by atoms with Crippen LogP contribution < -0.4 is 10.5 Å². The highest BCUT2D eigenvalue weighted by molar-refractivity contribution is 5.93. The Kier molecular flexibility index (Phi) is 4.69. The van der Waals surface area contributed by atoms with Crippen molar-refractivity contribution in [2.75, 3.05) is 24.5 Å². The normalized spacial score (nSPS) is 17.8. The van der Waals surface area contributed by atoms with Crippen LogP contribution in [0.2, 0.25) is 0 Å². The summed E-state index contributed by atoms with van der Waals surface area (Å²) in [5, 5.41) is 0. The molecule has 1 saturated heterocycles. The Balaban J connectivity index is 1.81. The lowest BCUT2D eigenvalue weighted by Gasteiger charge is -2.42. The van der Waals surface area contributed by atoms with Gasteiger partial charge in [-0.15, -0.1) is 0 Å². The molecule has 0 radical (unpaired) electrons. The van der Waals surface area contributed by atoms with Crippen LogP contribution in [0.5, 0.6) is 0 Å². The van der Waals surface area contributed by atoms with Gasteiger partial charge in [-0.1, -0.05) is 31.2 Å². The number of aromatic nitrogens is 1. The fourth-order valence-corrected chi connectivity index (χ4v) is 3.27. The van der Waals surface area contributed by atoms with E-state index in [2.05, 4.69) is 24.0 Å². The Morgan fingerprint density at radius 2 is 1.83 bits per heavy atom. The molecule has 1 atom stereocenters. The smallest absolute Gasteiger partial charge is 0.270 e. The summed E-state index contributed by atoms with van der Waals surface area (Å²) in [6.07, 6.45) is 0.885. The second-order valence-electron chi connectivity index (χ2n) is 6.15. The molecule has 2 heterocycles. The lowest BCUT2D eigenvalue weighted by atomic mass is 10.1. The number of amides is 1. The van der Waals surface area contributed by atoms with Crippen LogP contribution >= 0.6 is 0 Å². The Hall–Kier alpha value is -2.56. The number of nitrogens with zero attached hydrogens (tertiary/aromatic N) is 3. The number of carbonyl (C=O) groups is 1. The number of pyridine rings is 1. The van der Waals surface area contributed by atoms with Crippen molar-refractivity contribution in [3.63, 3.8) is 0 Å². The average molecular weight is 325 g/mol. The van der Waals surface area contributed by atoms with Gasteiger partial charge in [0.25, 0.3) is 11.5 Å². The molecule has 24 heavy (non-hydrogen) atoms. The van der Waals surface area contributed by atoms with Crippen LogP contribution in [0.1, 0.15) is 23.8 Å². The van der Waals surface area contributed by atoms with Crippen LogP contribution in [-0.4, -0.2) is 41.1 Å². The number of carbonyl (C=O) groups excluding carboxylic acids is 1. The standard InChI is InChI=1S/C19H23N3O2/c1-3-15-14-21(16-8-5-4-6-9-16)12-13-22(15)19(24)17-10-7-11-18(23)20(17)2/h4-11,15H,3,12-14H2,1-2H3. The minimum atomic E-state index is -0.156. The SMILES string of the molecule is CCC1CN(c2ccccc2)CCN1C(=O)c1cccc(=O)n1C. The summed E-state index contributed by atoms with van der Waals surface area (Å²) in [4.78, 5) is 29.0. The number of benzene rings is 1. The van der Waals surface area contributed by atoms with E-state index in [1.54, 1.807) is 19.2 Å². The monoisotopic (exact) mass is 325 g/mol. The number of hydrogen-bond acceptors (Lipinski definition) is 3. The van der Waals surface area contributed by atoms with Crippen LogP contribution in [0.15, 0.2) is 53.3 Å². The molecule has 1 amide bonds. The van der Waals surface area contributed by atoms with Gasteiger partial charge >= 0.3 is 0 Å². The van der Waals surface area contributed by atoms with Crippen LogP contribution in [0.4, 0.5) is 5.69 Å². The van der Waals surface area contributed by atoms with Crippen molar-refractivity contribution >= 4 is 11.6 Å². The van der Waals surface area contributed by atoms with Crippen molar-refractivity contribution in [3.8, 4) is 0 Å². The van der Waals surface area contributed by atoms with Gasteiger partial charge in [0.1, 0.15) is 5.69 Å². The van der Waals surface area contributed by atoms with Gasteiger partial charge in [-0.2, -0.15) is 0 Å². The first-order chi connectivity index (χ1) is 11.6. The van der Waals surface area contributed by atoms with E-state index in [0.717, 1.165) is 19.5 Å². The molecule has 1 unspecified atom stereocenters. The van der Waals surface area contributed by atoms with Crippen LogP contribution in [0.25, 0.3) is 0 Å². The molecule has 0 N–H and O–H groups in total. The average Bonchev–Trinajstić information content (AvgIpc) is 2.63. The molecule has 0 aliphatic carbocycles. The van der Waals surface area contributed by atoms with Crippen LogP contribution in [0, 0.1) is 0 Å². The molecule has 1 aromatic heterocycles. The first-order valence-electron chi connectivity index (χ1n) is 8.39. The molecular weight excluding hydrogens is 302 g/mol. The number of piperazine rings is 1. The Morgan fingerprint density at radius 1 is 1.08 bits per heavy atom. The van der Waals surface area contributed by atoms with E-state index in [1.807, 2.05) is 23.1 Å². The predicted molar refractivity (Wildman–Crippen MR) is 95.5 cm³/mol. The summed E-state index contributed by atoms with van der Waals surface area (Å²) in [5.41, 5.74) is 1.49. The van der Waals surface area contributed by atoms with E-state index in [4.69, 9.17) is 0 Å². The van der Waals surface area contributed by atoms with Crippen LogP contribution in [-0.2, 0) is 7.05 Å². The Morgan fingerprint density at radius 3 is 2.54 bits per heavy atom. The molecule has 126 valence electrons. The molecular formula is C19H23N3O2. The fourth-order valence-electron chi connectivity index (χ4n) is 3.27. The third-order valence-corrected chi connectivity index (χ3v) is 4.74. The summed E-state index contributed by atoms with van der Waals surface area (Å²) in [5.74, 6) is -0.0604. The minimum Gasteiger partial charge on any atom is -0.368 e. The number of anilines is 1. The van der Waals surface area contributed by atoms with E-state index >= 15 is 0 Å².